The van der Waals surface area contributed by atoms with Crippen molar-refractivity contribution in [3.63, 3.8) is 0 Å². The zero-order valence-electron chi connectivity index (χ0n) is 22.1. The molecule has 0 atom stereocenters. The molecule has 0 saturated heterocycles. The summed E-state index contributed by atoms with van der Waals surface area (Å²) in [5.74, 6) is 1.38. The van der Waals surface area contributed by atoms with Gasteiger partial charge in [0.1, 0.15) is 0 Å². The van der Waals surface area contributed by atoms with Gasteiger partial charge < -0.3 is 4.90 Å². The summed E-state index contributed by atoms with van der Waals surface area (Å²) in [5, 5.41) is 5.37. The Morgan fingerprint density at radius 3 is 2.58 bits per heavy atom. The summed E-state index contributed by atoms with van der Waals surface area (Å²) in [6.45, 7) is 2.93. The highest BCUT2D eigenvalue weighted by Crippen LogP contribution is 2.34. The van der Waals surface area contributed by atoms with Gasteiger partial charge in [-0.2, -0.15) is 18.3 Å². The Morgan fingerprint density at radius 2 is 1.79 bits per heavy atom. The quantitative estimate of drug-likeness (QED) is 0.322. The lowest BCUT2D eigenvalue weighted by molar-refractivity contribution is -0.134. The van der Waals surface area contributed by atoms with Crippen molar-refractivity contribution in [2.75, 3.05) is 19.6 Å². The van der Waals surface area contributed by atoms with Crippen LogP contribution in [0.25, 0.3) is 10.9 Å². The van der Waals surface area contributed by atoms with Crippen LogP contribution in [0, 0.1) is 11.8 Å². The van der Waals surface area contributed by atoms with Crippen LogP contribution in [0.2, 0.25) is 0 Å². The van der Waals surface area contributed by atoms with Gasteiger partial charge in [0.25, 0.3) is 0 Å². The minimum Gasteiger partial charge on any atom is -0.303 e. The fraction of sp³-hybridized carbons (Fsp3) is 0.567. The fourth-order valence-corrected chi connectivity index (χ4v) is 6.17. The van der Waals surface area contributed by atoms with Crippen LogP contribution in [0.15, 0.2) is 36.5 Å². The molecule has 8 heteroatoms. The Labute approximate surface area is 222 Å². The molecule has 5 rings (SSSR count). The summed E-state index contributed by atoms with van der Waals surface area (Å²) in [7, 11) is 1.88. The Bertz CT molecular complexity index is 1260. The highest BCUT2D eigenvalue weighted by atomic mass is 19.4. The monoisotopic (exact) mass is 526 g/mol. The normalized spacial score (nSPS) is 20.8. The lowest BCUT2D eigenvalue weighted by Crippen LogP contribution is -2.29. The van der Waals surface area contributed by atoms with Crippen LogP contribution in [0.1, 0.15) is 72.3 Å². The third kappa shape index (κ3) is 6.82. The average Bonchev–Trinajstić information content (AvgIpc) is 3.16. The number of aryl methyl sites for hydroxylation is 2. The molecule has 0 spiro atoms. The largest absolute Gasteiger partial charge is 0.389 e. The number of hydrogen-bond donors (Lipinski definition) is 0. The molecule has 0 radical (unpaired) electrons. The van der Waals surface area contributed by atoms with Gasteiger partial charge >= 0.3 is 6.18 Å². The predicted molar refractivity (Wildman–Crippen MR) is 142 cm³/mol. The lowest BCUT2D eigenvalue weighted by atomic mass is 9.78. The van der Waals surface area contributed by atoms with Crippen molar-refractivity contribution in [3.05, 3.63) is 59.0 Å². The second-order valence-corrected chi connectivity index (χ2v) is 11.2. The van der Waals surface area contributed by atoms with Gasteiger partial charge in [-0.15, -0.1) is 0 Å². The molecule has 0 amide bonds. The maximum atomic E-state index is 13.1. The van der Waals surface area contributed by atoms with Crippen LogP contribution in [0.5, 0.6) is 0 Å². The van der Waals surface area contributed by atoms with E-state index in [0.29, 0.717) is 24.0 Å². The van der Waals surface area contributed by atoms with Gasteiger partial charge in [-0.3, -0.25) is 14.5 Å². The van der Waals surface area contributed by atoms with Crippen LogP contribution in [0.4, 0.5) is 13.2 Å². The third-order valence-corrected chi connectivity index (χ3v) is 8.41. The van der Waals surface area contributed by atoms with Gasteiger partial charge in [-0.05, 0) is 68.2 Å². The molecule has 2 aromatic heterocycles. The molecule has 2 aliphatic rings. The van der Waals surface area contributed by atoms with Gasteiger partial charge in [0, 0.05) is 67.9 Å². The Morgan fingerprint density at radius 1 is 1.03 bits per heavy atom. The molecular formula is C30H37F3N4O. The van der Waals surface area contributed by atoms with Gasteiger partial charge in [-0.1, -0.05) is 31.0 Å². The second kappa shape index (κ2) is 11.6. The second-order valence-electron chi connectivity index (χ2n) is 11.2. The molecule has 1 saturated carbocycles. The molecular weight excluding hydrogens is 489 g/mol. The molecule has 3 heterocycles. The number of ketones is 1. The first kappa shape index (κ1) is 26.9. The topological polar surface area (TPSA) is 51.0 Å². The van der Waals surface area contributed by atoms with E-state index < -0.39 is 12.6 Å². The summed E-state index contributed by atoms with van der Waals surface area (Å²) < 4.78 is 39.5. The summed E-state index contributed by atoms with van der Waals surface area (Å²) >= 11 is 0. The number of benzene rings is 1. The standard InChI is InChI=1S/C30H37F3N4O/c1-36-20-26-25(3-2-4-28(26)35-36)29(38)19-22-7-5-21(6-8-22)12-16-37-17-13-23-9-10-24(11-15-30(31,32)33)34-27(23)14-18-37/h2-4,9-10,20-22H,5-8,11-19H2,1H3. The van der Waals surface area contributed by atoms with Crippen molar-refractivity contribution < 1.29 is 18.0 Å². The number of hydrogen-bond acceptors (Lipinski definition) is 4. The summed E-state index contributed by atoms with van der Waals surface area (Å²) in [4.78, 5) is 20.1. The Hall–Kier alpha value is -2.74. The number of carbonyl (C=O) groups excluding carboxylic acids is 1. The Balaban J connectivity index is 1.06. The number of nitrogens with zero attached hydrogens (tertiary/aromatic N) is 4. The number of aromatic nitrogens is 3. The molecule has 0 unspecified atom stereocenters. The number of alkyl halides is 3. The zero-order chi connectivity index (χ0) is 26.7. The highest BCUT2D eigenvalue weighted by Gasteiger charge is 2.28. The molecule has 1 fully saturated rings. The van der Waals surface area contributed by atoms with Crippen molar-refractivity contribution in [1.29, 1.82) is 0 Å². The third-order valence-electron chi connectivity index (χ3n) is 8.41. The van der Waals surface area contributed by atoms with Gasteiger partial charge in [0.2, 0.25) is 0 Å². The van der Waals surface area contributed by atoms with Crippen molar-refractivity contribution in [1.82, 2.24) is 19.7 Å². The van der Waals surface area contributed by atoms with E-state index in [9.17, 15) is 18.0 Å². The van der Waals surface area contributed by atoms with E-state index in [4.69, 9.17) is 0 Å². The maximum Gasteiger partial charge on any atom is 0.389 e. The van der Waals surface area contributed by atoms with Gasteiger partial charge in [0.15, 0.2) is 5.78 Å². The lowest BCUT2D eigenvalue weighted by Gasteiger charge is -2.30. The summed E-state index contributed by atoms with van der Waals surface area (Å²) in [5.41, 5.74) is 4.36. The Kier molecular flexibility index (Phi) is 8.17. The molecule has 0 N–H and O–H groups in total. The van der Waals surface area contributed by atoms with E-state index in [2.05, 4.69) is 15.0 Å². The van der Waals surface area contributed by atoms with Gasteiger partial charge in [-0.25, -0.2) is 0 Å². The van der Waals surface area contributed by atoms with Crippen molar-refractivity contribution in [2.45, 2.75) is 70.4 Å². The first-order chi connectivity index (χ1) is 18.2. The van der Waals surface area contributed by atoms with Crippen molar-refractivity contribution >= 4 is 16.7 Å². The smallest absolute Gasteiger partial charge is 0.303 e. The van der Waals surface area contributed by atoms with E-state index in [1.807, 2.05) is 37.5 Å². The summed E-state index contributed by atoms with van der Waals surface area (Å²) in [6.07, 6.45) is 4.97. The fourth-order valence-electron chi connectivity index (χ4n) is 6.17. The first-order valence-corrected chi connectivity index (χ1v) is 14.0. The summed E-state index contributed by atoms with van der Waals surface area (Å²) in [6, 6.07) is 9.54. The number of pyridine rings is 1. The van der Waals surface area contributed by atoms with Crippen LogP contribution in [-0.4, -0.2) is 51.3 Å². The van der Waals surface area contributed by atoms with Crippen LogP contribution in [-0.2, 0) is 26.3 Å². The predicted octanol–water partition coefficient (Wildman–Crippen LogP) is 6.33. The van der Waals surface area contributed by atoms with E-state index in [1.165, 1.54) is 18.4 Å². The molecule has 38 heavy (non-hydrogen) atoms. The van der Waals surface area contributed by atoms with E-state index in [0.717, 1.165) is 73.9 Å². The van der Waals surface area contributed by atoms with E-state index in [-0.39, 0.29) is 12.2 Å². The number of carbonyl (C=O) groups is 1. The molecule has 1 aromatic carbocycles. The van der Waals surface area contributed by atoms with Crippen LogP contribution >= 0.6 is 0 Å². The minimum atomic E-state index is -4.14. The molecule has 0 bridgehead atoms. The van der Waals surface area contributed by atoms with Crippen molar-refractivity contribution in [3.8, 4) is 0 Å². The number of halogens is 3. The SMILES string of the molecule is Cn1cc2c(C(=O)CC3CCC(CCN4CCc5ccc(CCC(F)(F)F)nc5CC4)CC3)cccc2n1. The van der Waals surface area contributed by atoms with E-state index >= 15 is 0 Å². The van der Waals surface area contributed by atoms with Crippen LogP contribution in [0.3, 0.4) is 0 Å². The van der Waals surface area contributed by atoms with Crippen molar-refractivity contribution in [2.24, 2.45) is 18.9 Å². The first-order valence-electron chi connectivity index (χ1n) is 14.0. The number of fused-ring (bicyclic) bond motifs is 2. The average molecular weight is 527 g/mol. The molecule has 204 valence electrons. The maximum absolute atomic E-state index is 13.1. The minimum absolute atomic E-state index is 0.0477. The van der Waals surface area contributed by atoms with Gasteiger partial charge in [0.05, 0.1) is 5.52 Å². The number of Topliss-reactive ketones (excluding diaryl/α,β-unsaturated/α-hetero) is 1. The molecule has 1 aliphatic heterocycles. The van der Waals surface area contributed by atoms with E-state index in [1.54, 1.807) is 10.7 Å². The number of rotatable bonds is 8. The zero-order valence-corrected chi connectivity index (χ0v) is 22.1. The highest BCUT2D eigenvalue weighted by molar-refractivity contribution is 6.07. The molecule has 1 aliphatic carbocycles. The molecule has 3 aromatic rings. The molecule has 5 nitrogen and oxygen atoms in total. The van der Waals surface area contributed by atoms with Crippen LogP contribution < -0.4 is 0 Å².